The fourth-order valence-electron chi connectivity index (χ4n) is 5.07. The first-order valence-electron chi connectivity index (χ1n) is 13.8. The second-order valence-electron chi connectivity index (χ2n) is 10.3. The molecule has 1 unspecified atom stereocenters. The molecule has 3 aromatic rings. The molecule has 0 heterocycles. The van der Waals surface area contributed by atoms with Crippen molar-refractivity contribution >= 4 is 39.1 Å². The third kappa shape index (κ3) is 7.45. The normalized spacial score (nSPS) is 14.4. The van der Waals surface area contributed by atoms with E-state index >= 15 is 0 Å². The van der Waals surface area contributed by atoms with Crippen molar-refractivity contribution in [1.29, 1.82) is 0 Å². The Bertz CT molecular complexity index is 1460. The molecule has 10 heteroatoms. The van der Waals surface area contributed by atoms with E-state index in [1.165, 1.54) is 29.2 Å². The quantitative estimate of drug-likeness (QED) is 0.300. The Balaban J connectivity index is 1.72. The number of carbonyl (C=O) groups is 2. The lowest BCUT2D eigenvalue weighted by Gasteiger charge is -2.33. The van der Waals surface area contributed by atoms with Crippen LogP contribution in [-0.2, 0) is 26.2 Å². The van der Waals surface area contributed by atoms with Crippen LogP contribution >= 0.6 is 11.6 Å². The summed E-state index contributed by atoms with van der Waals surface area (Å²) in [6.07, 6.45) is 4.20. The predicted octanol–water partition coefficient (Wildman–Crippen LogP) is 5.85. The highest BCUT2D eigenvalue weighted by Gasteiger charge is 2.34. The minimum absolute atomic E-state index is 0.0346. The largest absolute Gasteiger partial charge is 0.352 e. The smallest absolute Gasteiger partial charge is 0.264 e. The molecule has 7 nitrogen and oxygen atoms in total. The van der Waals surface area contributed by atoms with Crippen LogP contribution in [0.5, 0.6) is 0 Å². The third-order valence-corrected chi connectivity index (χ3v) is 9.44. The number of amides is 2. The summed E-state index contributed by atoms with van der Waals surface area (Å²) in [5.41, 5.74) is 1.89. The average Bonchev–Trinajstić information content (AvgIpc) is 3.47. The molecule has 1 fully saturated rings. The highest BCUT2D eigenvalue weighted by Crippen LogP contribution is 2.28. The number of anilines is 1. The molecule has 4 rings (SSSR count). The molecule has 2 amide bonds. The molecular weight excluding hydrogens is 565 g/mol. The molecular formula is C31H35ClFN3O4S. The summed E-state index contributed by atoms with van der Waals surface area (Å²) in [6.45, 7) is 3.28. The SMILES string of the molecule is CCC(C(=O)NC1CCCC1)N(Cc1ccc(C)cc1)C(=O)CN(c1ccc(F)c(Cl)c1)S(=O)(=O)c1ccccc1. The molecule has 0 saturated heterocycles. The number of hydrogen-bond donors (Lipinski definition) is 1. The molecule has 0 aromatic heterocycles. The standard InChI is InChI=1S/C31H35ClFN3O4S/c1-3-29(31(38)34-24-9-7-8-10-24)35(20-23-15-13-22(2)14-16-23)30(37)21-36(25-17-18-28(33)27(32)19-25)41(39,40)26-11-5-4-6-12-26/h4-6,11-19,24,29H,3,7-10,20-21H2,1-2H3,(H,34,38). The number of hydrogen-bond acceptors (Lipinski definition) is 4. The first-order valence-corrected chi connectivity index (χ1v) is 15.6. The summed E-state index contributed by atoms with van der Waals surface area (Å²) in [4.78, 5) is 29.0. The summed E-state index contributed by atoms with van der Waals surface area (Å²) in [5, 5.41) is 2.82. The fraction of sp³-hybridized carbons (Fsp3) is 0.355. The van der Waals surface area contributed by atoms with Gasteiger partial charge in [0.2, 0.25) is 11.8 Å². The van der Waals surface area contributed by atoms with Crippen molar-refractivity contribution in [2.24, 2.45) is 0 Å². The van der Waals surface area contributed by atoms with Gasteiger partial charge >= 0.3 is 0 Å². The van der Waals surface area contributed by atoms with Crippen molar-refractivity contribution in [3.63, 3.8) is 0 Å². The van der Waals surface area contributed by atoms with E-state index in [1.54, 1.807) is 18.2 Å². The van der Waals surface area contributed by atoms with Crippen molar-refractivity contribution < 1.29 is 22.4 Å². The van der Waals surface area contributed by atoms with Crippen molar-refractivity contribution in [3.8, 4) is 0 Å². The molecule has 1 N–H and O–H groups in total. The first kappa shape index (κ1) is 30.5. The Morgan fingerprint density at radius 2 is 1.68 bits per heavy atom. The zero-order valence-corrected chi connectivity index (χ0v) is 24.8. The Labute approximate surface area is 246 Å². The number of nitrogens with zero attached hydrogens (tertiary/aromatic N) is 2. The Morgan fingerprint density at radius 3 is 2.29 bits per heavy atom. The van der Waals surface area contributed by atoms with E-state index in [2.05, 4.69) is 5.32 Å². The van der Waals surface area contributed by atoms with Gasteiger partial charge in [-0.1, -0.05) is 79.4 Å². The van der Waals surface area contributed by atoms with Crippen LogP contribution in [0.2, 0.25) is 5.02 Å². The van der Waals surface area contributed by atoms with Crippen molar-refractivity contribution in [2.75, 3.05) is 10.8 Å². The average molecular weight is 600 g/mol. The van der Waals surface area contributed by atoms with E-state index in [-0.39, 0.29) is 34.1 Å². The van der Waals surface area contributed by atoms with Gasteiger partial charge in [-0.3, -0.25) is 13.9 Å². The highest BCUT2D eigenvalue weighted by molar-refractivity contribution is 7.92. The van der Waals surface area contributed by atoms with Crippen LogP contribution < -0.4 is 9.62 Å². The zero-order chi connectivity index (χ0) is 29.6. The maximum atomic E-state index is 14.1. The van der Waals surface area contributed by atoms with E-state index in [0.717, 1.165) is 47.2 Å². The minimum atomic E-state index is -4.26. The summed E-state index contributed by atoms with van der Waals surface area (Å²) < 4.78 is 42.6. The molecule has 0 bridgehead atoms. The van der Waals surface area contributed by atoms with Crippen molar-refractivity contribution in [2.45, 2.75) is 69.5 Å². The number of rotatable bonds is 11. The van der Waals surface area contributed by atoms with E-state index in [0.29, 0.717) is 6.42 Å². The number of sulfonamides is 1. The van der Waals surface area contributed by atoms with Crippen LogP contribution in [0.1, 0.15) is 50.2 Å². The molecule has 1 saturated carbocycles. The van der Waals surface area contributed by atoms with Gasteiger partial charge in [-0.15, -0.1) is 0 Å². The third-order valence-electron chi connectivity index (χ3n) is 7.36. The van der Waals surface area contributed by atoms with Gasteiger partial charge in [-0.2, -0.15) is 0 Å². The summed E-state index contributed by atoms with van der Waals surface area (Å²) in [5.74, 6) is -1.55. The topological polar surface area (TPSA) is 86.8 Å². The zero-order valence-electron chi connectivity index (χ0n) is 23.2. The van der Waals surface area contributed by atoms with E-state index in [9.17, 15) is 22.4 Å². The van der Waals surface area contributed by atoms with Crippen molar-refractivity contribution in [3.05, 3.63) is 94.8 Å². The van der Waals surface area contributed by atoms with E-state index in [4.69, 9.17) is 11.6 Å². The Hall–Kier alpha value is -3.43. The second kappa shape index (κ2) is 13.5. The van der Waals surface area contributed by atoms with E-state index < -0.39 is 34.3 Å². The predicted molar refractivity (Wildman–Crippen MR) is 159 cm³/mol. The van der Waals surface area contributed by atoms with Gasteiger partial charge in [-0.05, 0) is 62.1 Å². The highest BCUT2D eigenvalue weighted by atomic mass is 35.5. The van der Waals surface area contributed by atoms with Gasteiger partial charge in [0, 0.05) is 12.6 Å². The molecule has 1 aliphatic carbocycles. The number of aryl methyl sites for hydroxylation is 1. The lowest BCUT2D eigenvalue weighted by molar-refractivity contribution is -0.140. The van der Waals surface area contributed by atoms with Crippen LogP contribution in [0.25, 0.3) is 0 Å². The van der Waals surface area contributed by atoms with Gasteiger partial charge in [0.15, 0.2) is 0 Å². The van der Waals surface area contributed by atoms with Crippen molar-refractivity contribution in [1.82, 2.24) is 10.2 Å². The van der Waals surface area contributed by atoms with Gasteiger partial charge in [-0.25, -0.2) is 12.8 Å². The molecule has 0 radical (unpaired) electrons. The molecule has 3 aromatic carbocycles. The van der Waals surface area contributed by atoms with Crippen LogP contribution in [0.15, 0.2) is 77.7 Å². The number of nitrogens with one attached hydrogen (secondary N) is 1. The molecule has 41 heavy (non-hydrogen) atoms. The number of carbonyl (C=O) groups excluding carboxylic acids is 2. The van der Waals surface area contributed by atoms with Crippen LogP contribution in [0, 0.1) is 12.7 Å². The Kier molecular flexibility index (Phi) is 10.0. The van der Waals surface area contributed by atoms with Crippen LogP contribution in [0.4, 0.5) is 10.1 Å². The second-order valence-corrected chi connectivity index (χ2v) is 12.6. The molecule has 1 atom stereocenters. The van der Waals surface area contributed by atoms with E-state index in [1.807, 2.05) is 38.1 Å². The Morgan fingerprint density at radius 1 is 1.02 bits per heavy atom. The first-order chi connectivity index (χ1) is 19.6. The summed E-state index contributed by atoms with van der Waals surface area (Å²) in [7, 11) is -4.26. The van der Waals surface area contributed by atoms with Gasteiger partial charge in [0.25, 0.3) is 10.0 Å². The maximum absolute atomic E-state index is 14.1. The molecule has 0 spiro atoms. The van der Waals surface area contributed by atoms with Gasteiger partial charge in [0.05, 0.1) is 15.6 Å². The minimum Gasteiger partial charge on any atom is -0.352 e. The lowest BCUT2D eigenvalue weighted by Crippen LogP contribution is -2.53. The summed E-state index contributed by atoms with van der Waals surface area (Å²) >= 11 is 6.02. The van der Waals surface area contributed by atoms with Crippen LogP contribution in [0.3, 0.4) is 0 Å². The number of benzene rings is 3. The number of halogens is 2. The summed E-state index contributed by atoms with van der Waals surface area (Å²) in [6, 6.07) is 18.0. The fourth-order valence-corrected chi connectivity index (χ4v) is 6.67. The van der Waals surface area contributed by atoms with Gasteiger partial charge in [0.1, 0.15) is 18.4 Å². The molecule has 1 aliphatic rings. The molecule has 0 aliphatic heterocycles. The maximum Gasteiger partial charge on any atom is 0.264 e. The lowest BCUT2D eigenvalue weighted by atomic mass is 10.1. The van der Waals surface area contributed by atoms with Crippen LogP contribution in [-0.4, -0.2) is 43.8 Å². The molecule has 218 valence electrons. The monoisotopic (exact) mass is 599 g/mol. The van der Waals surface area contributed by atoms with Gasteiger partial charge < -0.3 is 10.2 Å².